The zero-order valence-corrected chi connectivity index (χ0v) is 12.7. The fraction of sp³-hybridized carbons (Fsp3) is 0.750. The summed E-state index contributed by atoms with van der Waals surface area (Å²) in [5.74, 6) is -0.199. The van der Waals surface area contributed by atoms with Crippen LogP contribution in [-0.4, -0.2) is 50.4 Å². The molecule has 2 atom stereocenters. The van der Waals surface area contributed by atoms with E-state index in [9.17, 15) is 4.79 Å². The third kappa shape index (κ3) is 4.74. The normalized spacial score (nSPS) is 19.3. The SMILES string of the molecule is C=C(C)C(=O)NC(CC)[N+](CC1CO1)(OC)OC.[Cl-]. The molecule has 7 heteroatoms. The molecule has 19 heavy (non-hydrogen) atoms. The van der Waals surface area contributed by atoms with Gasteiger partial charge in [-0.3, -0.25) is 10.1 Å². The van der Waals surface area contributed by atoms with Crippen LogP contribution in [0.5, 0.6) is 0 Å². The molecule has 1 aliphatic rings. The first-order chi connectivity index (χ1) is 8.49. The zero-order valence-electron chi connectivity index (χ0n) is 11.9. The van der Waals surface area contributed by atoms with Crippen molar-refractivity contribution in [3.05, 3.63) is 12.2 Å². The molecule has 1 heterocycles. The highest BCUT2D eigenvalue weighted by molar-refractivity contribution is 5.92. The number of hydrogen-bond acceptors (Lipinski definition) is 4. The lowest BCUT2D eigenvalue weighted by Gasteiger charge is -2.36. The molecule has 1 aliphatic heterocycles. The van der Waals surface area contributed by atoms with Gasteiger partial charge in [0.05, 0.1) is 20.8 Å². The van der Waals surface area contributed by atoms with Crippen molar-refractivity contribution >= 4 is 5.91 Å². The first kappa shape index (κ1) is 18.3. The van der Waals surface area contributed by atoms with Gasteiger partial charge in [0.25, 0.3) is 5.91 Å². The van der Waals surface area contributed by atoms with E-state index in [1.165, 1.54) is 0 Å². The summed E-state index contributed by atoms with van der Waals surface area (Å²) in [6, 6.07) is 0. The molecule has 0 aromatic carbocycles. The van der Waals surface area contributed by atoms with Gasteiger partial charge in [0, 0.05) is 12.0 Å². The van der Waals surface area contributed by atoms with Crippen molar-refractivity contribution in [2.24, 2.45) is 0 Å². The lowest BCUT2D eigenvalue weighted by Crippen LogP contribution is -3.00. The second-order valence-electron chi connectivity index (χ2n) is 4.41. The number of hydrogen-bond donors (Lipinski definition) is 1. The van der Waals surface area contributed by atoms with Crippen molar-refractivity contribution in [2.45, 2.75) is 32.5 Å². The minimum atomic E-state index is -0.298. The number of epoxide rings is 1. The molecule has 1 saturated heterocycles. The smallest absolute Gasteiger partial charge is 0.250 e. The monoisotopic (exact) mass is 294 g/mol. The van der Waals surface area contributed by atoms with Crippen LogP contribution in [0.2, 0.25) is 0 Å². The minimum Gasteiger partial charge on any atom is -1.00 e. The van der Waals surface area contributed by atoms with E-state index in [4.69, 9.17) is 14.4 Å². The van der Waals surface area contributed by atoms with Crippen molar-refractivity contribution in [3.8, 4) is 0 Å². The van der Waals surface area contributed by atoms with Crippen LogP contribution in [0.4, 0.5) is 0 Å². The molecular weight excluding hydrogens is 272 g/mol. The summed E-state index contributed by atoms with van der Waals surface area (Å²) < 4.78 is 5.21. The molecule has 0 bridgehead atoms. The van der Waals surface area contributed by atoms with Crippen LogP contribution in [0, 0.1) is 0 Å². The Kier molecular flexibility index (Phi) is 7.54. The van der Waals surface area contributed by atoms with E-state index < -0.39 is 0 Å². The number of carbonyl (C=O) groups excluding carboxylic acids is 1. The van der Waals surface area contributed by atoms with Crippen LogP contribution < -0.4 is 17.7 Å². The van der Waals surface area contributed by atoms with Gasteiger partial charge in [-0.25, -0.2) is 0 Å². The highest BCUT2D eigenvalue weighted by Crippen LogP contribution is 2.22. The summed E-state index contributed by atoms with van der Waals surface area (Å²) in [6.45, 7) is 8.50. The second kappa shape index (κ2) is 7.81. The van der Waals surface area contributed by atoms with Crippen LogP contribution in [0.25, 0.3) is 0 Å². The van der Waals surface area contributed by atoms with Crippen molar-refractivity contribution < 1.29 is 36.4 Å². The minimum absolute atomic E-state index is 0. The van der Waals surface area contributed by atoms with Crippen molar-refractivity contribution in [1.82, 2.24) is 5.32 Å². The molecule has 2 unspecified atom stereocenters. The van der Waals surface area contributed by atoms with Crippen molar-refractivity contribution in [2.75, 3.05) is 27.4 Å². The predicted molar refractivity (Wildman–Crippen MR) is 65.9 cm³/mol. The maximum atomic E-state index is 11.7. The number of nitrogens with zero attached hydrogens (tertiary/aromatic N) is 1. The lowest BCUT2D eigenvalue weighted by atomic mass is 10.2. The Balaban J connectivity index is 0.00000324. The Morgan fingerprint density at radius 2 is 2.05 bits per heavy atom. The molecule has 6 nitrogen and oxygen atoms in total. The van der Waals surface area contributed by atoms with Crippen LogP contribution in [0.3, 0.4) is 0 Å². The van der Waals surface area contributed by atoms with E-state index in [0.717, 1.165) is 0 Å². The Morgan fingerprint density at radius 1 is 1.53 bits per heavy atom. The average molecular weight is 295 g/mol. The Hall–Kier alpha value is -0.660. The van der Waals surface area contributed by atoms with E-state index in [0.29, 0.717) is 25.1 Å². The van der Waals surface area contributed by atoms with Gasteiger partial charge in [-0.2, -0.15) is 9.68 Å². The van der Waals surface area contributed by atoms with Crippen LogP contribution in [-0.2, 0) is 19.2 Å². The molecule has 1 rings (SSSR count). The molecule has 0 spiro atoms. The summed E-state index contributed by atoms with van der Waals surface area (Å²) in [4.78, 5) is 22.5. The highest BCUT2D eigenvalue weighted by atomic mass is 35.5. The Labute approximate surface area is 120 Å². The molecule has 1 amide bonds. The summed E-state index contributed by atoms with van der Waals surface area (Å²) in [5, 5.41) is 2.87. The largest absolute Gasteiger partial charge is 1.00 e. The maximum Gasteiger partial charge on any atom is 0.250 e. The lowest BCUT2D eigenvalue weighted by molar-refractivity contribution is -1.26. The molecule has 112 valence electrons. The quantitative estimate of drug-likeness (QED) is 0.181. The van der Waals surface area contributed by atoms with Gasteiger partial charge in [-0.1, -0.05) is 13.5 Å². The average Bonchev–Trinajstić information content (AvgIpc) is 3.16. The van der Waals surface area contributed by atoms with Gasteiger partial charge in [0.1, 0.15) is 6.10 Å². The second-order valence-corrected chi connectivity index (χ2v) is 4.41. The Bertz CT molecular complexity index is 317. The number of nitrogens with one attached hydrogen (secondary N) is 1. The topological polar surface area (TPSA) is 60.1 Å². The molecule has 0 aromatic heterocycles. The molecular formula is C12H23ClN2O4. The van der Waals surface area contributed by atoms with Gasteiger partial charge in [0.15, 0.2) is 6.54 Å². The van der Waals surface area contributed by atoms with E-state index in [1.54, 1.807) is 21.1 Å². The summed E-state index contributed by atoms with van der Waals surface area (Å²) >= 11 is 0. The molecule has 0 aliphatic carbocycles. The third-order valence-electron chi connectivity index (χ3n) is 3.03. The van der Waals surface area contributed by atoms with E-state index in [2.05, 4.69) is 11.9 Å². The molecule has 0 aromatic rings. The molecule has 0 saturated carbocycles. The fourth-order valence-corrected chi connectivity index (χ4v) is 1.82. The standard InChI is InChI=1S/C12H22N2O4.ClH/c1-6-11(13-12(15)9(2)3)14(16-4,17-5)7-10-8-18-10;/h10-11H,2,6-8H2,1,3-5H3;1H. The van der Waals surface area contributed by atoms with Crippen molar-refractivity contribution in [3.63, 3.8) is 0 Å². The van der Waals surface area contributed by atoms with Crippen LogP contribution in [0.1, 0.15) is 20.3 Å². The van der Waals surface area contributed by atoms with Gasteiger partial charge in [-0.15, -0.1) is 0 Å². The number of carbonyl (C=O) groups is 1. The number of quaternary nitrogens is 1. The van der Waals surface area contributed by atoms with Gasteiger partial charge >= 0.3 is 0 Å². The Morgan fingerprint density at radius 3 is 2.37 bits per heavy atom. The van der Waals surface area contributed by atoms with Crippen LogP contribution in [0.15, 0.2) is 12.2 Å². The summed E-state index contributed by atoms with van der Waals surface area (Å²) in [5.41, 5.74) is 0.460. The fourth-order valence-electron chi connectivity index (χ4n) is 1.82. The first-order valence-electron chi connectivity index (χ1n) is 6.06. The van der Waals surface area contributed by atoms with Crippen LogP contribution >= 0.6 is 0 Å². The maximum absolute atomic E-state index is 11.7. The van der Waals surface area contributed by atoms with Crippen molar-refractivity contribution in [1.29, 1.82) is 0 Å². The molecule has 1 N–H and O–H groups in total. The zero-order chi connectivity index (χ0) is 13.8. The number of hydroxylamine groups is 4. The molecule has 1 fully saturated rings. The van der Waals surface area contributed by atoms with Gasteiger partial charge in [-0.05, 0) is 11.7 Å². The number of ether oxygens (including phenoxy) is 1. The third-order valence-corrected chi connectivity index (χ3v) is 3.03. The number of amides is 1. The van der Waals surface area contributed by atoms with E-state index >= 15 is 0 Å². The predicted octanol–water partition coefficient (Wildman–Crippen LogP) is -2.24. The molecule has 0 radical (unpaired) electrons. The first-order valence-corrected chi connectivity index (χ1v) is 6.06. The van der Waals surface area contributed by atoms with E-state index in [1.807, 2.05) is 6.92 Å². The van der Waals surface area contributed by atoms with Gasteiger partial charge < -0.3 is 17.1 Å². The van der Waals surface area contributed by atoms with E-state index in [-0.39, 0.29) is 35.4 Å². The summed E-state index contributed by atoms with van der Waals surface area (Å²) in [6.07, 6.45) is 0.502. The highest BCUT2D eigenvalue weighted by Gasteiger charge is 2.46. The number of halogens is 1. The summed E-state index contributed by atoms with van der Waals surface area (Å²) in [7, 11) is 3.11. The number of rotatable bonds is 8. The van der Waals surface area contributed by atoms with Gasteiger partial charge in [0.2, 0.25) is 6.17 Å².